The maximum absolute atomic E-state index is 10.3. The molecular weight excluding hydrogens is 192 g/mol. The van der Waals surface area contributed by atoms with Crippen LogP contribution in [0.1, 0.15) is 11.4 Å². The van der Waals surface area contributed by atoms with Gasteiger partial charge in [0.25, 0.3) is 0 Å². The summed E-state index contributed by atoms with van der Waals surface area (Å²) < 4.78 is 4.62. The van der Waals surface area contributed by atoms with Gasteiger partial charge < -0.3 is 9.63 Å². The average Bonchev–Trinajstić information content (AvgIpc) is 2.83. The highest BCUT2D eigenvalue weighted by atomic mass is 16.5. The van der Waals surface area contributed by atoms with Crippen molar-refractivity contribution in [2.24, 2.45) is 0 Å². The summed E-state index contributed by atoms with van der Waals surface area (Å²) in [4.78, 5) is 3.84. The molecule has 0 bridgehead atoms. The molecule has 1 N–H and O–H groups in total. The van der Waals surface area contributed by atoms with E-state index in [0.29, 0.717) is 5.56 Å². The first-order valence-electron chi connectivity index (χ1n) is 4.45. The van der Waals surface area contributed by atoms with Gasteiger partial charge in [-0.1, -0.05) is 42.1 Å². The second kappa shape index (κ2) is 3.67. The zero-order chi connectivity index (χ0) is 10.7. The van der Waals surface area contributed by atoms with Gasteiger partial charge in [0.15, 0.2) is 5.60 Å². The Balaban J connectivity index is 2.52. The van der Waals surface area contributed by atoms with Gasteiger partial charge in [0.05, 0.1) is 0 Å². The lowest BCUT2D eigenvalue weighted by Crippen LogP contribution is -2.25. The summed E-state index contributed by atoms with van der Waals surface area (Å²) >= 11 is 0. The second-order valence-corrected chi connectivity index (χ2v) is 3.09. The fraction of sp³-hybridized carbons (Fsp3) is 0.0909. The van der Waals surface area contributed by atoms with E-state index in [4.69, 9.17) is 0 Å². The quantitative estimate of drug-likeness (QED) is 0.766. The molecule has 76 valence electrons. The van der Waals surface area contributed by atoms with Gasteiger partial charge in [-0.05, 0) is 11.6 Å². The van der Waals surface area contributed by atoms with Crippen molar-refractivity contribution >= 4 is 0 Å². The molecular formula is C11H10N2O2. The summed E-state index contributed by atoms with van der Waals surface area (Å²) in [6, 6.07) is 9.06. The number of rotatable bonds is 3. The van der Waals surface area contributed by atoms with Gasteiger partial charge in [0.1, 0.15) is 0 Å². The molecule has 0 aliphatic carbocycles. The SMILES string of the molecule is C=CC(O)(c1ccccc1)c1ncon1. The summed E-state index contributed by atoms with van der Waals surface area (Å²) in [5.74, 6) is 0.184. The molecule has 4 heteroatoms. The monoisotopic (exact) mass is 202 g/mol. The largest absolute Gasteiger partial charge is 0.373 e. The molecule has 1 aromatic heterocycles. The van der Waals surface area contributed by atoms with Gasteiger partial charge in [-0.25, -0.2) is 0 Å². The highest BCUT2D eigenvalue weighted by molar-refractivity contribution is 5.33. The van der Waals surface area contributed by atoms with Crippen molar-refractivity contribution in [3.05, 3.63) is 60.8 Å². The van der Waals surface area contributed by atoms with Crippen LogP contribution in [0.4, 0.5) is 0 Å². The van der Waals surface area contributed by atoms with Crippen molar-refractivity contribution < 1.29 is 9.63 Å². The van der Waals surface area contributed by atoms with E-state index in [-0.39, 0.29) is 5.82 Å². The van der Waals surface area contributed by atoms with Crippen LogP contribution in [0, 0.1) is 0 Å². The van der Waals surface area contributed by atoms with E-state index >= 15 is 0 Å². The topological polar surface area (TPSA) is 59.2 Å². The number of hydrogen-bond acceptors (Lipinski definition) is 4. The number of hydrogen-bond donors (Lipinski definition) is 1. The smallest absolute Gasteiger partial charge is 0.213 e. The Hall–Kier alpha value is -1.94. The van der Waals surface area contributed by atoms with E-state index in [2.05, 4.69) is 21.2 Å². The van der Waals surface area contributed by atoms with E-state index in [0.717, 1.165) is 0 Å². The van der Waals surface area contributed by atoms with Crippen molar-refractivity contribution in [1.82, 2.24) is 10.1 Å². The van der Waals surface area contributed by atoms with Gasteiger partial charge in [-0.2, -0.15) is 4.98 Å². The predicted octanol–water partition coefficient (Wildman–Crippen LogP) is 1.49. The van der Waals surface area contributed by atoms with Gasteiger partial charge in [-0.3, -0.25) is 0 Å². The summed E-state index contributed by atoms with van der Waals surface area (Å²) in [5.41, 5.74) is -0.741. The van der Waals surface area contributed by atoms with Crippen LogP contribution in [0.2, 0.25) is 0 Å². The minimum absolute atomic E-state index is 0.184. The van der Waals surface area contributed by atoms with Crippen LogP contribution in [0.25, 0.3) is 0 Å². The van der Waals surface area contributed by atoms with Crippen molar-refractivity contribution in [2.45, 2.75) is 5.60 Å². The third kappa shape index (κ3) is 1.55. The maximum Gasteiger partial charge on any atom is 0.213 e. The minimum atomic E-state index is -1.39. The Labute approximate surface area is 86.9 Å². The number of benzene rings is 1. The van der Waals surface area contributed by atoms with E-state index in [1.807, 2.05) is 18.2 Å². The molecule has 15 heavy (non-hydrogen) atoms. The van der Waals surface area contributed by atoms with Crippen LogP contribution in [-0.4, -0.2) is 15.2 Å². The molecule has 1 heterocycles. The molecule has 0 aliphatic heterocycles. The molecule has 2 aromatic rings. The molecule has 0 saturated carbocycles. The lowest BCUT2D eigenvalue weighted by molar-refractivity contribution is 0.121. The summed E-state index contributed by atoms with van der Waals surface area (Å²) in [7, 11) is 0. The van der Waals surface area contributed by atoms with Crippen LogP contribution >= 0.6 is 0 Å². The van der Waals surface area contributed by atoms with Crippen molar-refractivity contribution in [3.8, 4) is 0 Å². The number of aromatic nitrogens is 2. The lowest BCUT2D eigenvalue weighted by Gasteiger charge is -2.20. The Morgan fingerprint density at radius 1 is 1.33 bits per heavy atom. The molecule has 2 rings (SSSR count). The van der Waals surface area contributed by atoms with Crippen LogP contribution in [0.5, 0.6) is 0 Å². The third-order valence-corrected chi connectivity index (χ3v) is 2.21. The summed E-state index contributed by atoms with van der Waals surface area (Å²) in [5, 5.41) is 14.0. The van der Waals surface area contributed by atoms with E-state index in [9.17, 15) is 5.11 Å². The van der Waals surface area contributed by atoms with Crippen LogP contribution in [0.15, 0.2) is 53.9 Å². The summed E-state index contributed by atoms with van der Waals surface area (Å²) in [6.45, 7) is 3.59. The molecule has 0 fully saturated rings. The zero-order valence-electron chi connectivity index (χ0n) is 8.00. The third-order valence-electron chi connectivity index (χ3n) is 2.21. The maximum atomic E-state index is 10.3. The number of nitrogens with zero attached hydrogens (tertiary/aromatic N) is 2. The van der Waals surface area contributed by atoms with Crippen molar-refractivity contribution in [2.75, 3.05) is 0 Å². The normalized spacial score (nSPS) is 14.5. The van der Waals surface area contributed by atoms with Crippen LogP contribution in [0.3, 0.4) is 0 Å². The Kier molecular flexibility index (Phi) is 2.35. The van der Waals surface area contributed by atoms with Gasteiger partial charge in [0.2, 0.25) is 12.2 Å². The standard InChI is InChI=1S/C11H10N2O2/c1-2-11(14,10-12-8-15-13-10)9-6-4-3-5-7-9/h2-8,14H,1H2. The van der Waals surface area contributed by atoms with Crippen LogP contribution < -0.4 is 0 Å². The first-order chi connectivity index (χ1) is 7.27. The molecule has 0 saturated heterocycles. The molecule has 1 atom stereocenters. The molecule has 1 unspecified atom stereocenters. The molecule has 0 aliphatic rings. The Morgan fingerprint density at radius 2 is 2.07 bits per heavy atom. The minimum Gasteiger partial charge on any atom is -0.373 e. The van der Waals surface area contributed by atoms with E-state index in [1.54, 1.807) is 12.1 Å². The highest BCUT2D eigenvalue weighted by Crippen LogP contribution is 2.27. The van der Waals surface area contributed by atoms with E-state index in [1.165, 1.54) is 12.5 Å². The van der Waals surface area contributed by atoms with E-state index < -0.39 is 5.60 Å². The van der Waals surface area contributed by atoms with Crippen LogP contribution in [-0.2, 0) is 5.60 Å². The first-order valence-corrected chi connectivity index (χ1v) is 4.45. The summed E-state index contributed by atoms with van der Waals surface area (Å²) in [6.07, 6.45) is 2.56. The van der Waals surface area contributed by atoms with Crippen molar-refractivity contribution in [3.63, 3.8) is 0 Å². The molecule has 1 aromatic carbocycles. The Morgan fingerprint density at radius 3 is 2.60 bits per heavy atom. The Bertz CT molecular complexity index is 439. The lowest BCUT2D eigenvalue weighted by atomic mass is 9.93. The fourth-order valence-corrected chi connectivity index (χ4v) is 1.37. The molecule has 4 nitrogen and oxygen atoms in total. The first kappa shape index (κ1) is 9.61. The molecule has 0 amide bonds. The predicted molar refractivity (Wildman–Crippen MR) is 53.9 cm³/mol. The van der Waals surface area contributed by atoms with Crippen molar-refractivity contribution in [1.29, 1.82) is 0 Å². The molecule has 0 radical (unpaired) electrons. The highest BCUT2D eigenvalue weighted by Gasteiger charge is 2.32. The van der Waals surface area contributed by atoms with Gasteiger partial charge in [-0.15, -0.1) is 0 Å². The van der Waals surface area contributed by atoms with Gasteiger partial charge in [0, 0.05) is 0 Å². The van der Waals surface area contributed by atoms with Gasteiger partial charge >= 0.3 is 0 Å². The fourth-order valence-electron chi connectivity index (χ4n) is 1.37. The zero-order valence-corrected chi connectivity index (χ0v) is 8.00. The number of aliphatic hydroxyl groups is 1. The second-order valence-electron chi connectivity index (χ2n) is 3.09. The molecule has 0 spiro atoms. The average molecular weight is 202 g/mol.